The van der Waals surface area contributed by atoms with Crippen LogP contribution in [-0.4, -0.2) is 62.6 Å². The van der Waals surface area contributed by atoms with Crippen LogP contribution in [0.25, 0.3) is 5.65 Å². The highest BCUT2D eigenvalue weighted by Crippen LogP contribution is 2.28. The Balaban J connectivity index is 1.55. The topological polar surface area (TPSA) is 101 Å². The molecule has 0 N–H and O–H groups in total. The Morgan fingerprint density at radius 2 is 2.22 bits per heavy atom. The molecule has 1 fully saturated rings. The van der Waals surface area contributed by atoms with E-state index in [2.05, 4.69) is 35.7 Å². The highest BCUT2D eigenvalue weighted by molar-refractivity contribution is 5.45. The predicted molar refractivity (Wildman–Crippen MR) is 81.4 cm³/mol. The Morgan fingerprint density at radius 3 is 3.04 bits per heavy atom. The minimum atomic E-state index is 0.205. The van der Waals surface area contributed by atoms with Crippen LogP contribution in [0.15, 0.2) is 16.7 Å². The van der Waals surface area contributed by atoms with Gasteiger partial charge in [-0.1, -0.05) is 0 Å². The van der Waals surface area contributed by atoms with Gasteiger partial charge in [-0.2, -0.15) is 4.98 Å². The van der Waals surface area contributed by atoms with Crippen molar-refractivity contribution in [2.24, 2.45) is 0 Å². The first-order valence-corrected chi connectivity index (χ1v) is 7.52. The Morgan fingerprint density at radius 1 is 1.30 bits per heavy atom. The minimum Gasteiger partial charge on any atom is -0.354 e. The summed E-state index contributed by atoms with van der Waals surface area (Å²) in [6, 6.07) is 3.80. The second-order valence-electron chi connectivity index (χ2n) is 5.83. The predicted octanol–water partition coefficient (Wildman–Crippen LogP) is 0.352. The van der Waals surface area contributed by atoms with Gasteiger partial charge in [-0.05, 0) is 40.6 Å². The maximum absolute atomic E-state index is 5.42. The van der Waals surface area contributed by atoms with Gasteiger partial charge in [-0.15, -0.1) is 14.8 Å². The van der Waals surface area contributed by atoms with E-state index in [9.17, 15) is 0 Å². The smallest absolute Gasteiger partial charge is 0.265 e. The molecule has 1 aliphatic rings. The lowest BCUT2D eigenvalue weighted by Crippen LogP contribution is -2.35. The van der Waals surface area contributed by atoms with Crippen molar-refractivity contribution in [3.05, 3.63) is 18.0 Å². The van der Waals surface area contributed by atoms with Gasteiger partial charge in [-0.25, -0.2) is 0 Å². The second kappa shape index (κ2) is 5.45. The summed E-state index contributed by atoms with van der Waals surface area (Å²) in [4.78, 5) is 8.50. The summed E-state index contributed by atoms with van der Waals surface area (Å²) in [6.45, 7) is 1.72. The fourth-order valence-electron chi connectivity index (χ4n) is 2.77. The van der Waals surface area contributed by atoms with E-state index in [0.29, 0.717) is 17.5 Å². The third-order valence-electron chi connectivity index (χ3n) is 3.98. The van der Waals surface area contributed by atoms with Gasteiger partial charge in [0.15, 0.2) is 11.5 Å². The van der Waals surface area contributed by atoms with Gasteiger partial charge in [-0.3, -0.25) is 0 Å². The van der Waals surface area contributed by atoms with E-state index in [1.54, 1.807) is 0 Å². The van der Waals surface area contributed by atoms with Crippen LogP contribution in [0, 0.1) is 0 Å². The molecule has 120 valence electrons. The quantitative estimate of drug-likeness (QED) is 0.677. The summed E-state index contributed by atoms with van der Waals surface area (Å²) >= 11 is 0. The van der Waals surface area contributed by atoms with Crippen molar-refractivity contribution >= 4 is 17.4 Å². The minimum absolute atomic E-state index is 0.205. The molecule has 4 rings (SSSR count). The van der Waals surface area contributed by atoms with Gasteiger partial charge in [0.05, 0.1) is 5.92 Å². The summed E-state index contributed by atoms with van der Waals surface area (Å²) < 4.78 is 6.86. The van der Waals surface area contributed by atoms with Crippen LogP contribution in [0.2, 0.25) is 0 Å². The van der Waals surface area contributed by atoms with Crippen LogP contribution < -0.4 is 9.80 Å². The van der Waals surface area contributed by atoms with Crippen LogP contribution >= 0.6 is 0 Å². The molecule has 3 aromatic rings. The molecule has 3 aromatic heterocycles. The van der Waals surface area contributed by atoms with Crippen molar-refractivity contribution in [3.8, 4) is 0 Å². The number of hydrogen-bond donors (Lipinski definition) is 0. The van der Waals surface area contributed by atoms with Gasteiger partial charge in [0, 0.05) is 27.2 Å². The third-order valence-corrected chi connectivity index (χ3v) is 3.98. The third kappa shape index (κ3) is 2.56. The van der Waals surface area contributed by atoms with Crippen molar-refractivity contribution in [2.45, 2.75) is 18.8 Å². The van der Waals surface area contributed by atoms with Crippen LogP contribution in [0.1, 0.15) is 24.7 Å². The maximum Gasteiger partial charge on any atom is 0.265 e. The fraction of sp³-hybridized carbons (Fsp3) is 0.538. The first kappa shape index (κ1) is 13.9. The molecule has 23 heavy (non-hydrogen) atoms. The van der Waals surface area contributed by atoms with Crippen LogP contribution in [0.3, 0.4) is 0 Å². The molecule has 0 bridgehead atoms. The van der Waals surface area contributed by atoms with Crippen LogP contribution in [0.4, 0.5) is 11.8 Å². The van der Waals surface area contributed by atoms with Crippen molar-refractivity contribution in [1.29, 1.82) is 0 Å². The lowest BCUT2D eigenvalue weighted by Gasteiger charge is -2.31. The van der Waals surface area contributed by atoms with E-state index in [1.807, 2.05) is 31.1 Å². The summed E-state index contributed by atoms with van der Waals surface area (Å²) in [7, 11) is 3.79. The monoisotopic (exact) mass is 315 g/mol. The molecule has 0 saturated carbocycles. The molecule has 0 spiro atoms. The number of aromatic nitrogens is 7. The first-order valence-electron chi connectivity index (χ1n) is 7.52. The molecule has 10 nitrogen and oxygen atoms in total. The average molecular weight is 315 g/mol. The molecule has 1 unspecified atom stereocenters. The highest BCUT2D eigenvalue weighted by atomic mass is 16.5. The zero-order chi connectivity index (χ0) is 15.8. The van der Waals surface area contributed by atoms with Crippen molar-refractivity contribution in [2.75, 3.05) is 37.0 Å². The van der Waals surface area contributed by atoms with E-state index < -0.39 is 0 Å². The zero-order valence-corrected chi connectivity index (χ0v) is 13.0. The molecule has 4 heterocycles. The fourth-order valence-corrected chi connectivity index (χ4v) is 2.77. The van der Waals surface area contributed by atoms with Crippen molar-refractivity contribution in [3.63, 3.8) is 0 Å². The number of fused-ring (bicyclic) bond motifs is 1. The Hall–Kier alpha value is -2.78. The molecule has 0 aliphatic carbocycles. The second-order valence-corrected chi connectivity index (χ2v) is 5.83. The van der Waals surface area contributed by atoms with Gasteiger partial charge in [0.25, 0.3) is 5.95 Å². The molecule has 0 radical (unpaired) electrons. The molecule has 10 heteroatoms. The largest absolute Gasteiger partial charge is 0.354 e. The van der Waals surface area contributed by atoms with Gasteiger partial charge in [0.1, 0.15) is 0 Å². The van der Waals surface area contributed by atoms with Crippen molar-refractivity contribution < 1.29 is 4.52 Å². The van der Waals surface area contributed by atoms with Gasteiger partial charge in [0.2, 0.25) is 5.89 Å². The maximum atomic E-state index is 5.42. The molecule has 1 atom stereocenters. The molecule has 1 saturated heterocycles. The number of rotatable bonds is 3. The summed E-state index contributed by atoms with van der Waals surface area (Å²) in [5, 5.41) is 19.8. The number of nitrogens with zero attached hydrogens (tertiary/aromatic N) is 9. The van der Waals surface area contributed by atoms with E-state index >= 15 is 0 Å². The van der Waals surface area contributed by atoms with E-state index in [1.165, 1.54) is 4.63 Å². The summed E-state index contributed by atoms with van der Waals surface area (Å²) in [5.41, 5.74) is 0.634. The standard InChI is InChI=1S/C13H17N9O/c1-20(2)13-14-12(23-17-13)9-4-3-7-21(8-9)11-6-5-10-15-18-19-22(10)16-11/h5-6,9H,3-4,7-8H2,1-2H3. The number of piperidine rings is 1. The molecule has 1 aliphatic heterocycles. The zero-order valence-electron chi connectivity index (χ0n) is 13.0. The Bertz CT molecular complexity index is 810. The first-order chi connectivity index (χ1) is 11.2. The Kier molecular flexibility index (Phi) is 3.28. The number of anilines is 2. The summed E-state index contributed by atoms with van der Waals surface area (Å²) in [5.74, 6) is 2.34. The summed E-state index contributed by atoms with van der Waals surface area (Å²) in [6.07, 6.45) is 2.07. The number of hydrogen-bond acceptors (Lipinski definition) is 9. The molecule has 0 amide bonds. The SMILES string of the molecule is CN(C)c1noc(C2CCCN(c3ccc4nnnn4n3)C2)n1. The van der Waals surface area contributed by atoms with Gasteiger partial charge < -0.3 is 14.3 Å². The van der Waals surface area contributed by atoms with E-state index in [0.717, 1.165) is 31.7 Å². The molecular weight excluding hydrogens is 298 g/mol. The molecule has 0 aromatic carbocycles. The van der Waals surface area contributed by atoms with Crippen LogP contribution in [-0.2, 0) is 0 Å². The average Bonchev–Trinajstić information content (AvgIpc) is 3.23. The highest BCUT2D eigenvalue weighted by Gasteiger charge is 2.27. The normalized spacial score (nSPS) is 18.5. The van der Waals surface area contributed by atoms with E-state index in [4.69, 9.17) is 4.52 Å². The lowest BCUT2D eigenvalue weighted by molar-refractivity contribution is 0.332. The number of tetrazole rings is 1. The van der Waals surface area contributed by atoms with Gasteiger partial charge >= 0.3 is 0 Å². The lowest BCUT2D eigenvalue weighted by atomic mass is 9.98. The molecular formula is C13H17N9O. The van der Waals surface area contributed by atoms with Crippen LogP contribution in [0.5, 0.6) is 0 Å². The van der Waals surface area contributed by atoms with Crippen molar-refractivity contribution in [1.82, 2.24) is 35.4 Å². The Labute approximate surface area is 132 Å². The van der Waals surface area contributed by atoms with E-state index in [-0.39, 0.29) is 5.92 Å².